The molecule has 1 heterocycles. The van der Waals surface area contributed by atoms with Crippen molar-refractivity contribution in [2.24, 2.45) is 0 Å². The lowest BCUT2D eigenvalue weighted by Gasteiger charge is -2.14. The van der Waals surface area contributed by atoms with Gasteiger partial charge in [-0.1, -0.05) is 37.3 Å². The summed E-state index contributed by atoms with van der Waals surface area (Å²) in [4.78, 5) is 23.8. The molecular formula is C11H17NO3S2. The molecule has 1 fully saturated rings. The van der Waals surface area contributed by atoms with Gasteiger partial charge in [-0.25, -0.2) is 0 Å². The number of carbonyl (C=O) groups excluding carboxylic acids is 1. The third kappa shape index (κ3) is 4.27. The lowest BCUT2D eigenvalue weighted by Crippen LogP contribution is -2.32. The van der Waals surface area contributed by atoms with Crippen LogP contribution in [0.25, 0.3) is 0 Å². The second-order valence-corrected chi connectivity index (χ2v) is 5.81. The molecule has 1 atom stereocenters. The Morgan fingerprint density at radius 3 is 2.71 bits per heavy atom. The molecule has 0 aromatic carbocycles. The quantitative estimate of drug-likeness (QED) is 0.570. The van der Waals surface area contributed by atoms with E-state index in [-0.39, 0.29) is 17.6 Å². The van der Waals surface area contributed by atoms with Gasteiger partial charge in [0.1, 0.15) is 4.32 Å². The fraction of sp³-hybridized carbons (Fsp3) is 0.727. The summed E-state index contributed by atoms with van der Waals surface area (Å²) >= 11 is 6.62. The Hall–Kier alpha value is -0.620. The van der Waals surface area contributed by atoms with Gasteiger partial charge in [0.05, 0.1) is 5.25 Å². The summed E-state index contributed by atoms with van der Waals surface area (Å²) in [5, 5.41) is 8.47. The van der Waals surface area contributed by atoms with Gasteiger partial charge in [0.15, 0.2) is 0 Å². The van der Waals surface area contributed by atoms with E-state index in [1.54, 1.807) is 4.90 Å². The first-order valence-corrected chi connectivity index (χ1v) is 7.08. The molecule has 1 aliphatic rings. The lowest BCUT2D eigenvalue weighted by molar-refractivity contribution is -0.137. The molecule has 1 rings (SSSR count). The summed E-state index contributed by atoms with van der Waals surface area (Å²) in [5.41, 5.74) is 0. The van der Waals surface area contributed by atoms with Gasteiger partial charge in [0, 0.05) is 13.0 Å². The Morgan fingerprint density at radius 2 is 2.18 bits per heavy atom. The van der Waals surface area contributed by atoms with Gasteiger partial charge in [-0.3, -0.25) is 14.5 Å². The van der Waals surface area contributed by atoms with E-state index in [0.29, 0.717) is 17.3 Å². The van der Waals surface area contributed by atoms with Crippen molar-refractivity contribution in [3.8, 4) is 0 Å². The molecule has 0 aliphatic carbocycles. The Morgan fingerprint density at radius 1 is 1.47 bits per heavy atom. The predicted molar refractivity (Wildman–Crippen MR) is 72.1 cm³/mol. The second kappa shape index (κ2) is 6.96. The van der Waals surface area contributed by atoms with Crippen LogP contribution in [0.2, 0.25) is 0 Å². The largest absolute Gasteiger partial charge is 0.481 e. The van der Waals surface area contributed by atoms with Crippen LogP contribution in [0.5, 0.6) is 0 Å². The van der Waals surface area contributed by atoms with Crippen LogP contribution in [-0.2, 0) is 9.59 Å². The van der Waals surface area contributed by atoms with Gasteiger partial charge in [0.2, 0.25) is 5.91 Å². The van der Waals surface area contributed by atoms with Crippen LogP contribution in [-0.4, -0.2) is 38.0 Å². The number of thiocarbonyl (C=S) groups is 1. The highest BCUT2D eigenvalue weighted by atomic mass is 32.2. The number of nitrogens with zero attached hydrogens (tertiary/aromatic N) is 1. The monoisotopic (exact) mass is 275 g/mol. The Kier molecular flexibility index (Phi) is 5.91. The van der Waals surface area contributed by atoms with Crippen molar-refractivity contribution in [3.05, 3.63) is 0 Å². The standard InChI is InChI=1S/C11H17NO3S2/c1-2-8-10(15)12(11(16)17-8)7-5-3-4-6-9(13)14/h8H,2-7H2,1H3,(H,13,14)/t8-/m0/s1. The molecular weight excluding hydrogens is 258 g/mol. The van der Waals surface area contributed by atoms with Crippen LogP contribution in [0.3, 0.4) is 0 Å². The molecule has 0 aromatic heterocycles. The molecule has 4 nitrogen and oxygen atoms in total. The van der Waals surface area contributed by atoms with E-state index in [1.807, 2.05) is 6.92 Å². The SMILES string of the molecule is CC[C@@H]1SC(=S)N(CCCCCC(=O)O)C1=O. The van der Waals surface area contributed by atoms with E-state index >= 15 is 0 Å². The minimum absolute atomic E-state index is 0.0125. The zero-order valence-electron chi connectivity index (χ0n) is 9.85. The maximum atomic E-state index is 11.8. The summed E-state index contributed by atoms with van der Waals surface area (Å²) in [5.74, 6) is -0.653. The first-order chi connectivity index (χ1) is 8.06. The second-order valence-electron chi connectivity index (χ2n) is 3.97. The number of hydrogen-bond donors (Lipinski definition) is 1. The van der Waals surface area contributed by atoms with Crippen molar-refractivity contribution in [2.75, 3.05) is 6.54 Å². The summed E-state index contributed by atoms with van der Waals surface area (Å²) < 4.78 is 0.667. The van der Waals surface area contributed by atoms with Crippen molar-refractivity contribution < 1.29 is 14.7 Å². The molecule has 0 bridgehead atoms. The number of hydrogen-bond acceptors (Lipinski definition) is 4. The number of carboxylic acid groups (broad SMARTS) is 1. The summed E-state index contributed by atoms with van der Waals surface area (Å²) in [7, 11) is 0. The van der Waals surface area contributed by atoms with Crippen LogP contribution >= 0.6 is 24.0 Å². The van der Waals surface area contributed by atoms with Crippen molar-refractivity contribution in [1.29, 1.82) is 0 Å². The number of aliphatic carboxylic acids is 1. The highest BCUT2D eigenvalue weighted by Crippen LogP contribution is 2.29. The number of amides is 1. The molecule has 0 saturated carbocycles. The Bertz CT molecular complexity index is 320. The Labute approximate surface area is 111 Å². The molecule has 0 unspecified atom stereocenters. The van der Waals surface area contributed by atoms with E-state index in [1.165, 1.54) is 11.8 Å². The van der Waals surface area contributed by atoms with E-state index in [2.05, 4.69) is 0 Å². The van der Waals surface area contributed by atoms with Gasteiger partial charge in [-0.15, -0.1) is 0 Å². The van der Waals surface area contributed by atoms with Crippen LogP contribution in [0.15, 0.2) is 0 Å². The van der Waals surface area contributed by atoms with E-state index in [4.69, 9.17) is 17.3 Å². The summed E-state index contributed by atoms with van der Waals surface area (Å²) in [6, 6.07) is 0. The molecule has 0 spiro atoms. The maximum absolute atomic E-state index is 11.8. The Balaban J connectivity index is 2.25. The molecule has 0 aromatic rings. The average molecular weight is 275 g/mol. The highest BCUT2D eigenvalue weighted by Gasteiger charge is 2.34. The van der Waals surface area contributed by atoms with Crippen molar-refractivity contribution in [2.45, 2.75) is 44.3 Å². The highest BCUT2D eigenvalue weighted by molar-refractivity contribution is 8.24. The third-order valence-electron chi connectivity index (χ3n) is 2.65. The van der Waals surface area contributed by atoms with Crippen LogP contribution in [0.4, 0.5) is 0 Å². The van der Waals surface area contributed by atoms with Gasteiger partial charge in [0.25, 0.3) is 0 Å². The van der Waals surface area contributed by atoms with Crippen molar-refractivity contribution >= 4 is 40.2 Å². The lowest BCUT2D eigenvalue weighted by atomic mass is 10.2. The minimum Gasteiger partial charge on any atom is -0.481 e. The van der Waals surface area contributed by atoms with E-state index < -0.39 is 5.97 Å². The summed E-state index contributed by atoms with van der Waals surface area (Å²) in [6.45, 7) is 2.61. The molecule has 1 saturated heterocycles. The molecule has 1 aliphatic heterocycles. The average Bonchev–Trinajstić information content (AvgIpc) is 2.54. The molecule has 1 N–H and O–H groups in total. The van der Waals surface area contributed by atoms with E-state index in [9.17, 15) is 9.59 Å². The fourth-order valence-corrected chi connectivity index (χ4v) is 3.16. The first kappa shape index (κ1) is 14.4. The van der Waals surface area contributed by atoms with Gasteiger partial charge >= 0.3 is 5.97 Å². The normalized spacial score (nSPS) is 20.1. The van der Waals surface area contributed by atoms with Crippen LogP contribution in [0, 0.1) is 0 Å². The number of carbonyl (C=O) groups is 2. The molecule has 6 heteroatoms. The van der Waals surface area contributed by atoms with Gasteiger partial charge < -0.3 is 5.11 Å². The zero-order valence-corrected chi connectivity index (χ0v) is 11.5. The minimum atomic E-state index is -0.764. The maximum Gasteiger partial charge on any atom is 0.303 e. The number of thioether (sulfide) groups is 1. The fourth-order valence-electron chi connectivity index (χ4n) is 1.68. The van der Waals surface area contributed by atoms with Crippen molar-refractivity contribution in [1.82, 2.24) is 4.90 Å². The predicted octanol–water partition coefficient (Wildman–Crippen LogP) is 2.27. The summed E-state index contributed by atoms with van der Waals surface area (Å²) in [6.07, 6.45) is 3.30. The van der Waals surface area contributed by atoms with Crippen molar-refractivity contribution in [3.63, 3.8) is 0 Å². The molecule has 17 heavy (non-hydrogen) atoms. The molecule has 96 valence electrons. The first-order valence-electron chi connectivity index (χ1n) is 5.80. The third-order valence-corrected chi connectivity index (χ3v) is 4.40. The van der Waals surface area contributed by atoms with Crippen LogP contribution < -0.4 is 0 Å². The smallest absolute Gasteiger partial charge is 0.303 e. The van der Waals surface area contributed by atoms with E-state index in [0.717, 1.165) is 19.3 Å². The number of rotatable bonds is 7. The van der Waals surface area contributed by atoms with Gasteiger partial charge in [-0.05, 0) is 19.3 Å². The number of unbranched alkanes of at least 4 members (excludes halogenated alkanes) is 2. The number of carboxylic acids is 1. The molecule has 1 amide bonds. The zero-order chi connectivity index (χ0) is 12.8. The molecule has 0 radical (unpaired) electrons. The topological polar surface area (TPSA) is 57.6 Å². The van der Waals surface area contributed by atoms with Crippen LogP contribution in [0.1, 0.15) is 39.0 Å². The van der Waals surface area contributed by atoms with Gasteiger partial charge in [-0.2, -0.15) is 0 Å².